The third-order valence-corrected chi connectivity index (χ3v) is 3.17. The fourth-order valence-corrected chi connectivity index (χ4v) is 2.21. The van der Waals surface area contributed by atoms with E-state index in [0.717, 1.165) is 5.56 Å². The summed E-state index contributed by atoms with van der Waals surface area (Å²) in [6, 6.07) is 16.5. The molecule has 22 heavy (non-hydrogen) atoms. The molecule has 2 aromatic carbocycles. The topological polar surface area (TPSA) is 46.2 Å². The number of nitrogens with one attached hydrogen (secondary N) is 1. The van der Waals surface area contributed by atoms with E-state index in [1.165, 1.54) is 0 Å². The highest BCUT2D eigenvalue weighted by molar-refractivity contribution is 6.08. The lowest BCUT2D eigenvalue weighted by molar-refractivity contribution is 0.0906. The second kappa shape index (κ2) is 6.56. The highest BCUT2D eigenvalue weighted by atomic mass is 16.2. The largest absolute Gasteiger partial charge is 0.347 e. The van der Waals surface area contributed by atoms with Crippen molar-refractivity contribution in [2.75, 3.05) is 0 Å². The third kappa shape index (κ3) is 4.29. The number of Topliss-reactive ketones (excluding diaryl/α,β-unsaturated/α-hetero) is 1. The molecule has 0 bridgehead atoms. The summed E-state index contributed by atoms with van der Waals surface area (Å²) in [5.74, 6) is -0.268. The Morgan fingerprint density at radius 1 is 0.864 bits per heavy atom. The second-order valence-corrected chi connectivity index (χ2v) is 6.34. The van der Waals surface area contributed by atoms with Crippen LogP contribution in [0.25, 0.3) is 0 Å². The van der Waals surface area contributed by atoms with Gasteiger partial charge >= 0.3 is 0 Å². The predicted octanol–water partition coefficient (Wildman–Crippen LogP) is 3.64. The Bertz CT molecular complexity index is 669. The molecule has 0 spiro atoms. The Hall–Kier alpha value is -2.42. The maximum absolute atomic E-state index is 12.5. The Morgan fingerprint density at radius 2 is 1.41 bits per heavy atom. The molecule has 114 valence electrons. The summed E-state index contributed by atoms with van der Waals surface area (Å²) >= 11 is 0. The van der Waals surface area contributed by atoms with Crippen LogP contribution in [0.3, 0.4) is 0 Å². The molecular weight excluding hydrogens is 274 g/mol. The van der Waals surface area contributed by atoms with E-state index >= 15 is 0 Å². The van der Waals surface area contributed by atoms with E-state index in [2.05, 4.69) is 5.32 Å². The highest BCUT2D eigenvalue weighted by Gasteiger charge is 2.20. The number of benzene rings is 2. The van der Waals surface area contributed by atoms with E-state index in [0.29, 0.717) is 17.5 Å². The van der Waals surface area contributed by atoms with Gasteiger partial charge in [-0.15, -0.1) is 0 Å². The summed E-state index contributed by atoms with van der Waals surface area (Å²) in [4.78, 5) is 24.9. The molecule has 1 N–H and O–H groups in total. The van der Waals surface area contributed by atoms with Gasteiger partial charge in [0.05, 0.1) is 5.56 Å². The molecule has 0 saturated carbocycles. The molecule has 0 aliphatic heterocycles. The van der Waals surface area contributed by atoms with Gasteiger partial charge in [0.15, 0.2) is 5.78 Å². The van der Waals surface area contributed by atoms with Gasteiger partial charge in [0, 0.05) is 17.5 Å². The number of amides is 1. The Morgan fingerprint density at radius 3 is 2.00 bits per heavy atom. The van der Waals surface area contributed by atoms with Crippen LogP contribution >= 0.6 is 0 Å². The van der Waals surface area contributed by atoms with Crippen molar-refractivity contribution in [3.8, 4) is 0 Å². The first-order chi connectivity index (χ1) is 10.4. The molecule has 1 amide bonds. The van der Waals surface area contributed by atoms with E-state index in [1.807, 2.05) is 51.1 Å². The predicted molar refractivity (Wildman–Crippen MR) is 88.1 cm³/mol. The highest BCUT2D eigenvalue weighted by Crippen LogP contribution is 2.14. The van der Waals surface area contributed by atoms with Gasteiger partial charge < -0.3 is 5.32 Å². The Labute approximate surface area is 131 Å². The van der Waals surface area contributed by atoms with Gasteiger partial charge in [-0.3, -0.25) is 9.59 Å². The van der Waals surface area contributed by atoms with Crippen molar-refractivity contribution in [1.29, 1.82) is 0 Å². The molecule has 2 rings (SSSR count). The van der Waals surface area contributed by atoms with Crippen molar-refractivity contribution in [3.63, 3.8) is 0 Å². The van der Waals surface area contributed by atoms with Crippen molar-refractivity contribution in [2.24, 2.45) is 0 Å². The monoisotopic (exact) mass is 295 g/mol. The van der Waals surface area contributed by atoms with Gasteiger partial charge in [-0.05, 0) is 32.4 Å². The molecule has 3 nitrogen and oxygen atoms in total. The van der Waals surface area contributed by atoms with E-state index < -0.39 is 0 Å². The minimum absolute atomic E-state index is 0.0501. The molecule has 0 fully saturated rings. The Kier molecular flexibility index (Phi) is 4.76. The number of carbonyl (C=O) groups excluding carboxylic acids is 2. The SMILES string of the molecule is CC(C)(C)NC(=O)c1ccccc1C(=O)Cc1ccccc1. The number of hydrogen-bond donors (Lipinski definition) is 1. The van der Waals surface area contributed by atoms with Gasteiger partial charge in [0.25, 0.3) is 5.91 Å². The number of carbonyl (C=O) groups is 2. The standard InChI is InChI=1S/C19H21NO2/c1-19(2,3)20-18(22)16-12-8-7-11-15(16)17(21)13-14-9-5-4-6-10-14/h4-12H,13H2,1-3H3,(H,20,22). The van der Waals surface area contributed by atoms with Crippen LogP contribution in [0.5, 0.6) is 0 Å². The molecule has 0 aliphatic carbocycles. The molecule has 2 aromatic rings. The van der Waals surface area contributed by atoms with Gasteiger partial charge in [0.2, 0.25) is 0 Å². The van der Waals surface area contributed by atoms with E-state index in [-0.39, 0.29) is 17.2 Å². The summed E-state index contributed by atoms with van der Waals surface area (Å²) in [5.41, 5.74) is 1.50. The number of hydrogen-bond acceptors (Lipinski definition) is 2. The molecule has 0 saturated heterocycles. The molecule has 0 radical (unpaired) electrons. The summed E-state index contributed by atoms with van der Waals surface area (Å²) in [7, 11) is 0. The normalized spacial score (nSPS) is 11.0. The molecule has 0 atom stereocenters. The first-order valence-electron chi connectivity index (χ1n) is 7.35. The molecule has 3 heteroatoms. The van der Waals surface area contributed by atoms with E-state index in [4.69, 9.17) is 0 Å². The van der Waals surface area contributed by atoms with Crippen LogP contribution in [0, 0.1) is 0 Å². The zero-order valence-electron chi connectivity index (χ0n) is 13.2. The second-order valence-electron chi connectivity index (χ2n) is 6.34. The maximum atomic E-state index is 12.5. The molecule has 0 unspecified atom stereocenters. The van der Waals surface area contributed by atoms with Crippen molar-refractivity contribution in [3.05, 3.63) is 71.3 Å². The average Bonchev–Trinajstić information content (AvgIpc) is 2.46. The minimum atomic E-state index is -0.341. The van der Waals surface area contributed by atoms with E-state index in [9.17, 15) is 9.59 Å². The summed E-state index contributed by atoms with van der Waals surface area (Å²) in [6.07, 6.45) is 0.292. The lowest BCUT2D eigenvalue weighted by Crippen LogP contribution is -2.41. The van der Waals surface area contributed by atoms with E-state index in [1.54, 1.807) is 24.3 Å². The first-order valence-corrected chi connectivity index (χ1v) is 7.35. The molecule has 0 heterocycles. The average molecular weight is 295 g/mol. The molecular formula is C19H21NO2. The zero-order chi connectivity index (χ0) is 16.2. The fourth-order valence-electron chi connectivity index (χ4n) is 2.21. The summed E-state index contributed by atoms with van der Waals surface area (Å²) in [5, 5.41) is 2.90. The van der Waals surface area contributed by atoms with Crippen molar-refractivity contribution < 1.29 is 9.59 Å². The lowest BCUT2D eigenvalue weighted by atomic mass is 9.97. The summed E-state index contributed by atoms with van der Waals surface area (Å²) in [6.45, 7) is 5.75. The van der Waals surface area contributed by atoms with Crippen molar-refractivity contribution in [2.45, 2.75) is 32.7 Å². The quantitative estimate of drug-likeness (QED) is 0.875. The lowest BCUT2D eigenvalue weighted by Gasteiger charge is -2.21. The van der Waals surface area contributed by atoms with Gasteiger partial charge in [-0.1, -0.05) is 48.5 Å². The number of ketones is 1. The zero-order valence-corrected chi connectivity index (χ0v) is 13.2. The van der Waals surface area contributed by atoms with Crippen LogP contribution in [0.2, 0.25) is 0 Å². The third-order valence-electron chi connectivity index (χ3n) is 3.17. The van der Waals surface area contributed by atoms with Crippen molar-refractivity contribution >= 4 is 11.7 Å². The van der Waals surface area contributed by atoms with Crippen LogP contribution in [0.1, 0.15) is 47.1 Å². The van der Waals surface area contributed by atoms with Crippen LogP contribution in [-0.2, 0) is 6.42 Å². The van der Waals surface area contributed by atoms with Gasteiger partial charge in [0.1, 0.15) is 0 Å². The van der Waals surface area contributed by atoms with Gasteiger partial charge in [-0.2, -0.15) is 0 Å². The Balaban J connectivity index is 2.24. The summed E-state index contributed by atoms with van der Waals surface area (Å²) < 4.78 is 0. The fraction of sp³-hybridized carbons (Fsp3) is 0.263. The van der Waals surface area contributed by atoms with Crippen LogP contribution in [-0.4, -0.2) is 17.2 Å². The van der Waals surface area contributed by atoms with Gasteiger partial charge in [-0.25, -0.2) is 0 Å². The van der Waals surface area contributed by atoms with Crippen molar-refractivity contribution in [1.82, 2.24) is 5.32 Å². The molecule has 0 aromatic heterocycles. The van der Waals surface area contributed by atoms with Crippen LogP contribution < -0.4 is 5.32 Å². The van der Waals surface area contributed by atoms with Crippen LogP contribution in [0.4, 0.5) is 0 Å². The van der Waals surface area contributed by atoms with Crippen LogP contribution in [0.15, 0.2) is 54.6 Å². The first kappa shape index (κ1) is 16.0. The molecule has 0 aliphatic rings. The maximum Gasteiger partial charge on any atom is 0.252 e. The minimum Gasteiger partial charge on any atom is -0.347 e. The number of rotatable bonds is 4. The smallest absolute Gasteiger partial charge is 0.252 e.